The van der Waals surface area contributed by atoms with E-state index in [0.29, 0.717) is 5.69 Å². The number of nitrogens with one attached hydrogen (secondary N) is 2. The van der Waals surface area contributed by atoms with Crippen LogP contribution in [0.1, 0.15) is 22.8 Å². The van der Waals surface area contributed by atoms with Gasteiger partial charge in [-0.15, -0.1) is 0 Å². The molecular weight excluding hydrogens is 311 g/mol. The summed E-state index contributed by atoms with van der Waals surface area (Å²) in [4.78, 5) is 23.7. The van der Waals surface area contributed by atoms with E-state index >= 15 is 0 Å². The molecule has 0 aliphatic rings. The number of amides is 2. The van der Waals surface area contributed by atoms with Crippen molar-refractivity contribution < 1.29 is 19.1 Å². The van der Waals surface area contributed by atoms with Gasteiger partial charge in [0.15, 0.2) is 0 Å². The number of rotatable bonds is 4. The van der Waals surface area contributed by atoms with Gasteiger partial charge in [-0.1, -0.05) is 24.3 Å². The Morgan fingerprint density at radius 1 is 1.08 bits per heavy atom. The standard InChI is InChI=1S/C18H19FN2O3/c1-11-7-12(2)9-13(8-11)21-18(24)17(23)20-10-16(22)14-5-3-4-6-15(14)19/h3-9,16,22H,10H2,1-2H3,(H,20,23)(H,21,24). The normalized spacial score (nSPS) is 11.7. The van der Waals surface area contributed by atoms with Crippen LogP contribution in [-0.4, -0.2) is 23.5 Å². The van der Waals surface area contributed by atoms with Crippen molar-refractivity contribution in [2.45, 2.75) is 20.0 Å². The van der Waals surface area contributed by atoms with Crippen LogP contribution in [0, 0.1) is 19.7 Å². The van der Waals surface area contributed by atoms with Crippen LogP contribution < -0.4 is 10.6 Å². The van der Waals surface area contributed by atoms with Gasteiger partial charge in [-0.25, -0.2) is 4.39 Å². The third kappa shape index (κ3) is 4.63. The SMILES string of the molecule is Cc1cc(C)cc(NC(=O)C(=O)NCC(O)c2ccccc2F)c1. The van der Waals surface area contributed by atoms with Crippen molar-refractivity contribution in [3.63, 3.8) is 0 Å². The molecule has 1 unspecified atom stereocenters. The number of anilines is 1. The van der Waals surface area contributed by atoms with Gasteiger partial charge in [-0.05, 0) is 43.2 Å². The van der Waals surface area contributed by atoms with Gasteiger partial charge >= 0.3 is 11.8 Å². The van der Waals surface area contributed by atoms with E-state index in [-0.39, 0.29) is 12.1 Å². The Morgan fingerprint density at radius 2 is 1.71 bits per heavy atom. The fourth-order valence-electron chi connectivity index (χ4n) is 2.36. The third-order valence-corrected chi connectivity index (χ3v) is 3.41. The molecule has 1 atom stereocenters. The number of hydrogen-bond donors (Lipinski definition) is 3. The smallest absolute Gasteiger partial charge is 0.313 e. The molecule has 0 saturated heterocycles. The van der Waals surface area contributed by atoms with E-state index in [1.165, 1.54) is 18.2 Å². The fourth-order valence-corrected chi connectivity index (χ4v) is 2.36. The summed E-state index contributed by atoms with van der Waals surface area (Å²) in [5.41, 5.74) is 2.50. The van der Waals surface area contributed by atoms with E-state index in [2.05, 4.69) is 10.6 Å². The number of aliphatic hydroxyl groups excluding tert-OH is 1. The minimum atomic E-state index is -1.23. The molecule has 0 bridgehead atoms. The predicted molar refractivity (Wildman–Crippen MR) is 88.9 cm³/mol. The van der Waals surface area contributed by atoms with Crippen LogP contribution in [0.5, 0.6) is 0 Å². The molecule has 126 valence electrons. The van der Waals surface area contributed by atoms with Crippen LogP contribution in [0.3, 0.4) is 0 Å². The Balaban J connectivity index is 1.92. The van der Waals surface area contributed by atoms with Gasteiger partial charge in [0.2, 0.25) is 0 Å². The van der Waals surface area contributed by atoms with Crippen LogP contribution in [0.4, 0.5) is 10.1 Å². The molecule has 0 radical (unpaired) electrons. The minimum absolute atomic E-state index is 0.0625. The Kier molecular flexibility index (Phi) is 5.65. The molecule has 2 aromatic carbocycles. The van der Waals surface area contributed by atoms with Gasteiger partial charge in [-0.2, -0.15) is 0 Å². The summed E-state index contributed by atoms with van der Waals surface area (Å²) in [7, 11) is 0. The van der Waals surface area contributed by atoms with Crippen molar-refractivity contribution in [2.75, 3.05) is 11.9 Å². The van der Waals surface area contributed by atoms with Crippen molar-refractivity contribution in [3.05, 3.63) is 65.0 Å². The van der Waals surface area contributed by atoms with Crippen molar-refractivity contribution in [1.29, 1.82) is 0 Å². The maximum Gasteiger partial charge on any atom is 0.313 e. The summed E-state index contributed by atoms with van der Waals surface area (Å²) in [6.45, 7) is 3.50. The second kappa shape index (κ2) is 7.70. The number of aliphatic hydroxyl groups is 1. The highest BCUT2D eigenvalue weighted by Gasteiger charge is 2.17. The van der Waals surface area contributed by atoms with Gasteiger partial charge in [0.05, 0.1) is 6.10 Å². The minimum Gasteiger partial charge on any atom is -0.386 e. The molecule has 24 heavy (non-hydrogen) atoms. The molecule has 6 heteroatoms. The van der Waals surface area contributed by atoms with Crippen LogP contribution in [0.15, 0.2) is 42.5 Å². The van der Waals surface area contributed by atoms with Crippen molar-refractivity contribution in [1.82, 2.24) is 5.32 Å². The largest absolute Gasteiger partial charge is 0.386 e. The number of carbonyl (C=O) groups is 2. The summed E-state index contributed by atoms with van der Waals surface area (Å²) < 4.78 is 13.5. The molecule has 2 amide bonds. The van der Waals surface area contributed by atoms with Gasteiger partial charge in [0.1, 0.15) is 5.82 Å². The molecule has 2 aromatic rings. The molecular formula is C18H19FN2O3. The summed E-state index contributed by atoms with van der Waals surface area (Å²) in [6.07, 6.45) is -1.23. The van der Waals surface area contributed by atoms with Crippen molar-refractivity contribution in [2.24, 2.45) is 0 Å². The molecule has 0 heterocycles. The predicted octanol–water partition coefficient (Wildman–Crippen LogP) is 2.23. The molecule has 3 N–H and O–H groups in total. The maximum atomic E-state index is 13.5. The lowest BCUT2D eigenvalue weighted by atomic mass is 10.1. The van der Waals surface area contributed by atoms with E-state index in [9.17, 15) is 19.1 Å². The van der Waals surface area contributed by atoms with Gasteiger partial charge in [0.25, 0.3) is 0 Å². The van der Waals surface area contributed by atoms with E-state index in [1.807, 2.05) is 19.9 Å². The molecule has 0 aromatic heterocycles. The summed E-state index contributed by atoms with van der Waals surface area (Å²) in [6, 6.07) is 11.1. The zero-order chi connectivity index (χ0) is 17.7. The van der Waals surface area contributed by atoms with Crippen LogP contribution in [0.25, 0.3) is 0 Å². The lowest BCUT2D eigenvalue weighted by molar-refractivity contribution is -0.136. The van der Waals surface area contributed by atoms with E-state index < -0.39 is 23.7 Å². The van der Waals surface area contributed by atoms with E-state index in [1.54, 1.807) is 18.2 Å². The Hall–Kier alpha value is -2.73. The Morgan fingerprint density at radius 3 is 2.33 bits per heavy atom. The van der Waals surface area contributed by atoms with Crippen LogP contribution in [-0.2, 0) is 9.59 Å². The molecule has 0 aliphatic carbocycles. The Bertz CT molecular complexity index is 741. The van der Waals surface area contributed by atoms with Crippen molar-refractivity contribution in [3.8, 4) is 0 Å². The maximum absolute atomic E-state index is 13.5. The summed E-state index contributed by atoms with van der Waals surface area (Å²) in [5.74, 6) is -2.32. The number of benzene rings is 2. The first-order valence-electron chi connectivity index (χ1n) is 7.47. The van der Waals surface area contributed by atoms with E-state index in [0.717, 1.165) is 11.1 Å². The molecule has 0 fully saturated rings. The zero-order valence-electron chi connectivity index (χ0n) is 13.5. The number of hydrogen-bond acceptors (Lipinski definition) is 3. The highest BCUT2D eigenvalue weighted by atomic mass is 19.1. The molecule has 5 nitrogen and oxygen atoms in total. The average molecular weight is 330 g/mol. The molecule has 0 aliphatic heterocycles. The summed E-state index contributed by atoms with van der Waals surface area (Å²) >= 11 is 0. The number of halogens is 1. The molecule has 2 rings (SSSR count). The average Bonchev–Trinajstić information content (AvgIpc) is 2.51. The monoisotopic (exact) mass is 330 g/mol. The van der Waals surface area contributed by atoms with Crippen LogP contribution in [0.2, 0.25) is 0 Å². The quantitative estimate of drug-likeness (QED) is 0.752. The third-order valence-electron chi connectivity index (χ3n) is 3.41. The van der Waals surface area contributed by atoms with Crippen LogP contribution >= 0.6 is 0 Å². The lowest BCUT2D eigenvalue weighted by Crippen LogP contribution is -2.37. The van der Waals surface area contributed by atoms with Gasteiger partial charge < -0.3 is 15.7 Å². The number of aryl methyl sites for hydroxylation is 2. The Labute approximate surface area is 139 Å². The first kappa shape index (κ1) is 17.6. The first-order chi connectivity index (χ1) is 11.4. The fraction of sp³-hybridized carbons (Fsp3) is 0.222. The second-order valence-electron chi connectivity index (χ2n) is 5.58. The highest BCUT2D eigenvalue weighted by Crippen LogP contribution is 2.16. The molecule has 0 spiro atoms. The zero-order valence-corrected chi connectivity index (χ0v) is 13.5. The second-order valence-corrected chi connectivity index (χ2v) is 5.58. The first-order valence-corrected chi connectivity index (χ1v) is 7.47. The summed E-state index contributed by atoms with van der Waals surface area (Å²) in [5, 5.41) is 14.7. The van der Waals surface area contributed by atoms with E-state index in [4.69, 9.17) is 0 Å². The van der Waals surface area contributed by atoms with Gasteiger partial charge in [0, 0.05) is 17.8 Å². The number of carbonyl (C=O) groups excluding carboxylic acids is 2. The van der Waals surface area contributed by atoms with Crippen molar-refractivity contribution >= 4 is 17.5 Å². The van der Waals surface area contributed by atoms with Gasteiger partial charge in [-0.3, -0.25) is 9.59 Å². The topological polar surface area (TPSA) is 78.4 Å². The molecule has 0 saturated carbocycles. The lowest BCUT2D eigenvalue weighted by Gasteiger charge is -2.13. The highest BCUT2D eigenvalue weighted by molar-refractivity contribution is 6.39.